The van der Waals surface area contributed by atoms with Gasteiger partial charge in [-0.2, -0.15) is 0 Å². The summed E-state index contributed by atoms with van der Waals surface area (Å²) < 4.78 is 36.8. The van der Waals surface area contributed by atoms with Crippen LogP contribution >= 0.6 is 11.6 Å². The third-order valence-electron chi connectivity index (χ3n) is 6.69. The van der Waals surface area contributed by atoms with Gasteiger partial charge in [-0.3, -0.25) is 4.79 Å². The highest BCUT2D eigenvalue weighted by Gasteiger charge is 2.29. The number of halogens is 1. The summed E-state index contributed by atoms with van der Waals surface area (Å²) in [5, 5.41) is 6.74. The summed E-state index contributed by atoms with van der Waals surface area (Å²) in [7, 11) is -3.44. The third-order valence-corrected chi connectivity index (χ3v) is 8.64. The minimum atomic E-state index is -3.44. The first-order chi connectivity index (χ1) is 18.3. The van der Waals surface area contributed by atoms with Crippen LogP contribution in [0.15, 0.2) is 65.6 Å². The van der Waals surface area contributed by atoms with Crippen LogP contribution in [0.2, 0.25) is 5.02 Å². The molecule has 0 bridgehead atoms. The molecule has 0 atom stereocenters. The Morgan fingerprint density at radius 3 is 2.47 bits per heavy atom. The van der Waals surface area contributed by atoms with E-state index < -0.39 is 9.84 Å². The van der Waals surface area contributed by atoms with Crippen LogP contribution in [-0.4, -0.2) is 51.4 Å². The molecule has 0 aromatic heterocycles. The molecular formula is C28H28ClN3O5S. The molecule has 0 spiro atoms. The number of hydrogen-bond acceptors (Lipinski definition) is 7. The lowest BCUT2D eigenvalue weighted by atomic mass is 9.99. The Balaban J connectivity index is 1.50. The smallest absolute Gasteiger partial charge is 0.258 e. The van der Waals surface area contributed by atoms with Crippen molar-refractivity contribution in [1.29, 1.82) is 0 Å². The zero-order chi connectivity index (χ0) is 26.9. The molecule has 198 valence electrons. The molecule has 8 nitrogen and oxygen atoms in total. The second kappa shape index (κ2) is 10.7. The number of sulfone groups is 1. The van der Waals surface area contributed by atoms with Crippen molar-refractivity contribution in [1.82, 2.24) is 4.90 Å². The van der Waals surface area contributed by atoms with Crippen LogP contribution in [0.3, 0.4) is 0 Å². The molecule has 2 heterocycles. The van der Waals surface area contributed by atoms with Crippen LogP contribution < -0.4 is 20.1 Å². The summed E-state index contributed by atoms with van der Waals surface area (Å²) in [6.45, 7) is 6.24. The van der Waals surface area contributed by atoms with Gasteiger partial charge in [-0.15, -0.1) is 0 Å². The highest BCUT2D eigenvalue weighted by atomic mass is 35.5. The average Bonchev–Trinajstić information content (AvgIpc) is 3.51. The number of ether oxygens (including phenoxy) is 2. The molecule has 10 heteroatoms. The minimum absolute atomic E-state index is 0.0491. The summed E-state index contributed by atoms with van der Waals surface area (Å²) in [5.41, 5.74) is 3.63. The largest absolute Gasteiger partial charge is 0.454 e. The fourth-order valence-electron chi connectivity index (χ4n) is 4.52. The third kappa shape index (κ3) is 5.22. The van der Waals surface area contributed by atoms with Crippen LogP contribution in [-0.2, 0) is 14.6 Å². The second-order valence-corrected chi connectivity index (χ2v) is 11.5. The zero-order valence-corrected chi connectivity index (χ0v) is 22.7. The molecule has 5 rings (SSSR count). The fraction of sp³-hybridized carbons (Fsp3) is 0.250. The Bertz CT molecular complexity index is 1520. The van der Waals surface area contributed by atoms with Gasteiger partial charge in [0, 0.05) is 28.4 Å². The number of fused-ring (bicyclic) bond motifs is 2. The summed E-state index contributed by atoms with van der Waals surface area (Å²) in [5.74, 6) is 0.971. The van der Waals surface area contributed by atoms with Gasteiger partial charge in [0.15, 0.2) is 21.3 Å². The van der Waals surface area contributed by atoms with Gasteiger partial charge >= 0.3 is 0 Å². The Morgan fingerprint density at radius 2 is 1.74 bits per heavy atom. The fourth-order valence-corrected chi connectivity index (χ4v) is 5.98. The van der Waals surface area contributed by atoms with Crippen molar-refractivity contribution in [2.75, 3.05) is 42.8 Å². The zero-order valence-electron chi connectivity index (χ0n) is 21.1. The maximum absolute atomic E-state index is 13.2. The number of rotatable bonds is 9. The van der Waals surface area contributed by atoms with E-state index in [4.69, 9.17) is 21.1 Å². The molecule has 1 amide bonds. The van der Waals surface area contributed by atoms with Crippen LogP contribution in [0, 0.1) is 0 Å². The number of hydrogen-bond donors (Lipinski definition) is 2. The van der Waals surface area contributed by atoms with Crippen LogP contribution in [0.25, 0.3) is 11.3 Å². The SMILES string of the molecule is CCN(CC)CCS(=O)(=O)c1ccc(NC(=C2C(=O)Nc3cc(Cl)ccc32)c2ccc3c(c2)OCO3)cc1. The van der Waals surface area contributed by atoms with E-state index in [0.717, 1.165) is 13.1 Å². The summed E-state index contributed by atoms with van der Waals surface area (Å²) in [6.07, 6.45) is 0. The summed E-state index contributed by atoms with van der Waals surface area (Å²) >= 11 is 6.15. The maximum atomic E-state index is 13.2. The van der Waals surface area contributed by atoms with Crippen molar-refractivity contribution >= 4 is 50.0 Å². The second-order valence-electron chi connectivity index (χ2n) is 8.96. The van der Waals surface area contributed by atoms with Gasteiger partial charge in [0.2, 0.25) is 6.79 Å². The quantitative estimate of drug-likeness (QED) is 0.355. The molecule has 2 aliphatic heterocycles. The lowest BCUT2D eigenvalue weighted by molar-refractivity contribution is -0.110. The van der Waals surface area contributed by atoms with E-state index in [2.05, 4.69) is 15.5 Å². The topological polar surface area (TPSA) is 97.0 Å². The standard InChI is InChI=1S/C28H28ClN3O5S/c1-3-32(4-2)13-14-38(34,35)21-9-7-20(8-10-21)30-27(18-5-12-24-25(15-18)37-17-36-24)26-22-11-6-19(29)16-23(22)31-28(26)33/h5-12,15-16,30H,3-4,13-14,17H2,1-2H3,(H,31,33). The molecule has 3 aromatic carbocycles. The van der Waals surface area contributed by atoms with Crippen molar-refractivity contribution in [3.8, 4) is 11.5 Å². The number of anilines is 2. The monoisotopic (exact) mass is 553 g/mol. The number of nitrogens with zero attached hydrogens (tertiary/aromatic N) is 1. The molecule has 3 aromatic rings. The molecule has 0 saturated carbocycles. The molecule has 2 aliphatic rings. The van der Waals surface area contributed by atoms with Gasteiger partial charge in [0.25, 0.3) is 5.91 Å². The van der Waals surface area contributed by atoms with Crippen molar-refractivity contribution in [3.05, 3.63) is 76.8 Å². The highest BCUT2D eigenvalue weighted by Crippen LogP contribution is 2.41. The van der Waals surface area contributed by atoms with Gasteiger partial charge in [0.1, 0.15) is 0 Å². The Hall–Kier alpha value is -3.53. The molecular weight excluding hydrogens is 526 g/mol. The maximum Gasteiger partial charge on any atom is 0.258 e. The first-order valence-corrected chi connectivity index (χ1v) is 14.4. The molecule has 0 radical (unpaired) electrons. The van der Waals surface area contributed by atoms with E-state index in [0.29, 0.717) is 56.8 Å². The highest BCUT2D eigenvalue weighted by molar-refractivity contribution is 7.91. The summed E-state index contributed by atoms with van der Waals surface area (Å²) in [6, 6.07) is 17.3. The van der Waals surface area contributed by atoms with Crippen LogP contribution in [0.5, 0.6) is 11.5 Å². The van der Waals surface area contributed by atoms with Crippen molar-refractivity contribution in [3.63, 3.8) is 0 Å². The normalized spacial score (nSPS) is 15.4. The van der Waals surface area contributed by atoms with Crippen molar-refractivity contribution < 1.29 is 22.7 Å². The number of nitrogens with one attached hydrogen (secondary N) is 2. The number of amides is 1. The van der Waals surface area contributed by atoms with Gasteiger partial charge in [-0.05, 0) is 67.7 Å². The van der Waals surface area contributed by atoms with E-state index in [1.165, 1.54) is 0 Å². The molecule has 0 saturated heterocycles. The van der Waals surface area contributed by atoms with Gasteiger partial charge in [-0.1, -0.05) is 31.5 Å². The van der Waals surface area contributed by atoms with E-state index in [9.17, 15) is 13.2 Å². The van der Waals surface area contributed by atoms with Crippen molar-refractivity contribution in [2.24, 2.45) is 0 Å². The number of carbonyl (C=O) groups is 1. The van der Waals surface area contributed by atoms with Gasteiger partial charge in [-0.25, -0.2) is 8.42 Å². The molecule has 2 N–H and O–H groups in total. The molecule has 38 heavy (non-hydrogen) atoms. The van der Waals surface area contributed by atoms with Gasteiger partial charge in [0.05, 0.1) is 27.6 Å². The van der Waals surface area contributed by atoms with E-state index >= 15 is 0 Å². The van der Waals surface area contributed by atoms with Crippen LogP contribution in [0.1, 0.15) is 25.0 Å². The molecule has 0 aliphatic carbocycles. The first kappa shape index (κ1) is 26.1. The van der Waals surface area contributed by atoms with E-state index in [1.807, 2.05) is 26.0 Å². The number of carbonyl (C=O) groups excluding carboxylic acids is 1. The predicted octanol–water partition coefficient (Wildman–Crippen LogP) is 5.12. The first-order valence-electron chi connectivity index (χ1n) is 12.4. The van der Waals surface area contributed by atoms with Crippen molar-refractivity contribution in [2.45, 2.75) is 18.7 Å². The van der Waals surface area contributed by atoms with Crippen LogP contribution in [0.4, 0.5) is 11.4 Å². The average molecular weight is 554 g/mol. The summed E-state index contributed by atoms with van der Waals surface area (Å²) in [4.78, 5) is 15.5. The lowest BCUT2D eigenvalue weighted by Crippen LogP contribution is -2.29. The van der Waals surface area contributed by atoms with E-state index in [1.54, 1.807) is 48.5 Å². The Kier molecular flexibility index (Phi) is 7.34. The molecule has 0 fully saturated rings. The lowest BCUT2D eigenvalue weighted by Gasteiger charge is -2.18. The number of benzene rings is 3. The Morgan fingerprint density at radius 1 is 1.00 bits per heavy atom. The van der Waals surface area contributed by atoms with E-state index in [-0.39, 0.29) is 23.3 Å². The predicted molar refractivity (Wildman–Crippen MR) is 149 cm³/mol. The Labute approximate surface area is 227 Å². The van der Waals surface area contributed by atoms with Gasteiger partial charge < -0.3 is 25.0 Å². The molecule has 0 unspecified atom stereocenters. The minimum Gasteiger partial charge on any atom is -0.454 e.